The molecule has 0 aliphatic heterocycles. The maximum Gasteiger partial charge on any atom is 0.349 e. The standard InChI is InChI=1S/C17H18N2O4S3/c1-9(2)11-5-6-13-12(7-11)10(3)16(24-13)26(21,22)19-17-18-8-14(25-17)15(20)23-4/h5-9H,1-4H3,(H,18,19). The second-order valence-electron chi connectivity index (χ2n) is 6.05. The summed E-state index contributed by atoms with van der Waals surface area (Å²) in [5.41, 5.74) is 1.88. The molecule has 0 unspecified atom stereocenters. The van der Waals surface area contributed by atoms with Gasteiger partial charge in [-0.3, -0.25) is 4.72 Å². The van der Waals surface area contributed by atoms with E-state index < -0.39 is 16.0 Å². The molecule has 1 N–H and O–H groups in total. The van der Waals surface area contributed by atoms with Crippen LogP contribution in [0.15, 0.2) is 28.6 Å². The van der Waals surface area contributed by atoms with E-state index >= 15 is 0 Å². The molecule has 0 spiro atoms. The number of sulfonamides is 1. The summed E-state index contributed by atoms with van der Waals surface area (Å²) >= 11 is 2.16. The average Bonchev–Trinajstić information content (AvgIpc) is 3.18. The van der Waals surface area contributed by atoms with Gasteiger partial charge in [0, 0.05) is 4.70 Å². The highest BCUT2D eigenvalue weighted by atomic mass is 32.2. The second-order valence-corrected chi connectivity index (χ2v) is 10.0. The second kappa shape index (κ2) is 6.98. The third-order valence-corrected chi connectivity index (χ3v) is 8.20. The van der Waals surface area contributed by atoms with Crippen molar-refractivity contribution in [2.24, 2.45) is 0 Å². The molecule has 3 rings (SSSR count). The summed E-state index contributed by atoms with van der Waals surface area (Å²) < 4.78 is 33.9. The SMILES string of the molecule is COC(=O)c1cnc(NS(=O)(=O)c2sc3ccc(C(C)C)cc3c2C)s1. The molecule has 0 fully saturated rings. The number of ether oxygens (including phenoxy) is 1. The number of anilines is 1. The van der Waals surface area contributed by atoms with Gasteiger partial charge < -0.3 is 4.74 Å². The van der Waals surface area contributed by atoms with E-state index in [9.17, 15) is 13.2 Å². The number of benzene rings is 1. The minimum atomic E-state index is -3.79. The number of hydrogen-bond acceptors (Lipinski definition) is 7. The van der Waals surface area contributed by atoms with Crippen molar-refractivity contribution in [3.8, 4) is 0 Å². The van der Waals surface area contributed by atoms with Crippen molar-refractivity contribution in [1.29, 1.82) is 0 Å². The Morgan fingerprint density at radius 2 is 2.00 bits per heavy atom. The minimum absolute atomic E-state index is 0.130. The quantitative estimate of drug-likeness (QED) is 0.631. The van der Waals surface area contributed by atoms with Gasteiger partial charge in [-0.1, -0.05) is 31.3 Å². The van der Waals surface area contributed by atoms with Crippen molar-refractivity contribution in [1.82, 2.24) is 4.98 Å². The van der Waals surface area contributed by atoms with Crippen molar-refractivity contribution in [3.63, 3.8) is 0 Å². The molecule has 9 heteroatoms. The molecule has 0 radical (unpaired) electrons. The zero-order chi connectivity index (χ0) is 19.1. The molecule has 2 heterocycles. The van der Waals surface area contributed by atoms with E-state index in [1.165, 1.54) is 24.6 Å². The van der Waals surface area contributed by atoms with Crippen LogP contribution >= 0.6 is 22.7 Å². The summed E-state index contributed by atoms with van der Waals surface area (Å²) in [6.45, 7) is 6.01. The van der Waals surface area contributed by atoms with E-state index in [2.05, 4.69) is 28.3 Å². The zero-order valence-corrected chi connectivity index (χ0v) is 17.1. The number of fused-ring (bicyclic) bond motifs is 1. The summed E-state index contributed by atoms with van der Waals surface area (Å²) in [6, 6.07) is 6.03. The maximum absolute atomic E-state index is 12.8. The van der Waals surface area contributed by atoms with Gasteiger partial charge in [0.1, 0.15) is 9.09 Å². The van der Waals surface area contributed by atoms with Crippen LogP contribution in [0.3, 0.4) is 0 Å². The number of methoxy groups -OCH3 is 1. The number of esters is 1. The summed E-state index contributed by atoms with van der Waals surface area (Å²) in [6.07, 6.45) is 1.29. The molecule has 0 saturated heterocycles. The summed E-state index contributed by atoms with van der Waals surface area (Å²) in [7, 11) is -2.53. The van der Waals surface area contributed by atoms with Gasteiger partial charge in [-0.15, -0.1) is 11.3 Å². The number of aromatic nitrogens is 1. The highest BCUT2D eigenvalue weighted by Crippen LogP contribution is 2.36. The van der Waals surface area contributed by atoms with Crippen molar-refractivity contribution >= 4 is 53.9 Å². The van der Waals surface area contributed by atoms with Crippen LogP contribution in [-0.2, 0) is 14.8 Å². The Kier molecular flexibility index (Phi) is 5.05. The number of nitrogens with zero attached hydrogens (tertiary/aromatic N) is 1. The molecular formula is C17H18N2O4S3. The Hall–Kier alpha value is -1.97. The number of aryl methyl sites for hydroxylation is 1. The fraction of sp³-hybridized carbons (Fsp3) is 0.294. The van der Waals surface area contributed by atoms with Gasteiger partial charge in [-0.25, -0.2) is 18.2 Å². The molecule has 0 aliphatic rings. The van der Waals surface area contributed by atoms with E-state index in [1.807, 2.05) is 18.2 Å². The van der Waals surface area contributed by atoms with Gasteiger partial charge in [-0.2, -0.15) is 0 Å². The number of thiazole rings is 1. The van der Waals surface area contributed by atoms with Crippen LogP contribution in [0.1, 0.15) is 40.6 Å². The van der Waals surface area contributed by atoms with E-state index in [-0.39, 0.29) is 14.2 Å². The van der Waals surface area contributed by atoms with Gasteiger partial charge in [-0.05, 0) is 41.5 Å². The zero-order valence-electron chi connectivity index (χ0n) is 14.7. The van der Waals surface area contributed by atoms with Gasteiger partial charge in [0.15, 0.2) is 5.13 Å². The van der Waals surface area contributed by atoms with Gasteiger partial charge in [0.2, 0.25) is 0 Å². The maximum atomic E-state index is 12.8. The predicted molar refractivity (Wildman–Crippen MR) is 105 cm³/mol. The molecule has 3 aromatic rings. The van der Waals surface area contributed by atoms with Crippen LogP contribution in [-0.4, -0.2) is 26.5 Å². The highest BCUT2D eigenvalue weighted by Gasteiger charge is 2.24. The number of carbonyl (C=O) groups is 1. The van der Waals surface area contributed by atoms with Crippen LogP contribution in [0.2, 0.25) is 0 Å². The summed E-state index contributed by atoms with van der Waals surface area (Å²) in [5.74, 6) is -0.184. The largest absolute Gasteiger partial charge is 0.465 e. The van der Waals surface area contributed by atoms with Crippen molar-refractivity contribution in [3.05, 3.63) is 40.4 Å². The molecule has 0 saturated carbocycles. The van der Waals surface area contributed by atoms with E-state index in [1.54, 1.807) is 6.92 Å². The van der Waals surface area contributed by atoms with E-state index in [4.69, 9.17) is 0 Å². The Bertz CT molecular complexity index is 1080. The molecule has 138 valence electrons. The van der Waals surface area contributed by atoms with E-state index in [0.29, 0.717) is 11.5 Å². The lowest BCUT2D eigenvalue weighted by Gasteiger charge is -2.05. The first kappa shape index (κ1) is 18.8. The first-order valence-corrected chi connectivity index (χ1v) is 10.9. The van der Waals surface area contributed by atoms with Crippen molar-refractivity contribution in [2.45, 2.75) is 30.9 Å². The molecule has 0 aliphatic carbocycles. The van der Waals surface area contributed by atoms with Gasteiger partial charge in [0.05, 0.1) is 13.3 Å². The monoisotopic (exact) mass is 410 g/mol. The molecule has 2 aromatic heterocycles. The van der Waals surface area contributed by atoms with Crippen molar-refractivity contribution < 1.29 is 17.9 Å². The predicted octanol–water partition coefficient (Wildman–Crippen LogP) is 4.38. The Labute approximate surface area is 159 Å². The lowest BCUT2D eigenvalue weighted by molar-refractivity contribution is 0.0606. The first-order chi connectivity index (χ1) is 12.2. The average molecular weight is 411 g/mol. The molecule has 1 aromatic carbocycles. The number of thiophene rings is 1. The molecule has 6 nitrogen and oxygen atoms in total. The smallest absolute Gasteiger partial charge is 0.349 e. The van der Waals surface area contributed by atoms with Crippen LogP contribution in [0.5, 0.6) is 0 Å². The Balaban J connectivity index is 1.97. The number of carbonyl (C=O) groups excluding carboxylic acids is 1. The van der Waals surface area contributed by atoms with Gasteiger partial charge in [0.25, 0.3) is 10.0 Å². The fourth-order valence-electron chi connectivity index (χ4n) is 2.51. The fourth-order valence-corrected chi connectivity index (χ4v) is 6.23. The normalized spacial score (nSPS) is 11.9. The highest BCUT2D eigenvalue weighted by molar-refractivity contribution is 7.95. The third kappa shape index (κ3) is 3.46. The number of rotatable bonds is 5. The number of hydrogen-bond donors (Lipinski definition) is 1. The summed E-state index contributed by atoms with van der Waals surface area (Å²) in [4.78, 5) is 15.7. The Morgan fingerprint density at radius 3 is 2.65 bits per heavy atom. The van der Waals surface area contributed by atoms with Crippen LogP contribution in [0.25, 0.3) is 10.1 Å². The summed E-state index contributed by atoms with van der Waals surface area (Å²) in [5, 5.41) is 1.07. The molecular weight excluding hydrogens is 392 g/mol. The first-order valence-electron chi connectivity index (χ1n) is 7.83. The van der Waals surface area contributed by atoms with Crippen molar-refractivity contribution in [2.75, 3.05) is 11.8 Å². The lowest BCUT2D eigenvalue weighted by atomic mass is 10.0. The molecule has 0 bridgehead atoms. The van der Waals surface area contributed by atoms with Gasteiger partial charge >= 0.3 is 5.97 Å². The third-order valence-electron chi connectivity index (χ3n) is 3.94. The Morgan fingerprint density at radius 1 is 1.27 bits per heavy atom. The van der Waals surface area contributed by atoms with Crippen LogP contribution in [0.4, 0.5) is 5.13 Å². The number of nitrogens with one attached hydrogen (secondary N) is 1. The lowest BCUT2D eigenvalue weighted by Crippen LogP contribution is -2.12. The molecule has 0 amide bonds. The van der Waals surface area contributed by atoms with Crippen LogP contribution < -0.4 is 4.72 Å². The topological polar surface area (TPSA) is 85.4 Å². The minimum Gasteiger partial charge on any atom is -0.465 e. The van der Waals surface area contributed by atoms with E-state index in [0.717, 1.165) is 27.0 Å². The molecule has 26 heavy (non-hydrogen) atoms. The molecule has 0 atom stereocenters. The van der Waals surface area contributed by atoms with Crippen LogP contribution in [0, 0.1) is 6.92 Å².